The van der Waals surface area contributed by atoms with Gasteiger partial charge in [0.2, 0.25) is 0 Å². The van der Waals surface area contributed by atoms with Crippen molar-refractivity contribution in [3.63, 3.8) is 0 Å². The summed E-state index contributed by atoms with van der Waals surface area (Å²) in [6.45, 7) is 0. The normalized spacial score (nSPS) is 10.2. The zero-order valence-corrected chi connectivity index (χ0v) is 10.6. The minimum Gasteiger partial charge on any atom is -0.508 e. The fourth-order valence-electron chi connectivity index (χ4n) is 1.00. The number of phenolic OH excluding ortho intramolecular Hbond substituents is 1. The number of hydrogen-bond acceptors (Lipinski definition) is 4. The Morgan fingerprint density at radius 2 is 1.93 bits per heavy atom. The van der Waals surface area contributed by atoms with Gasteiger partial charge in [0.05, 0.1) is 3.57 Å². The third-order valence-electron chi connectivity index (χ3n) is 1.69. The molecule has 76 valence electrons. The average Bonchev–Trinajstić information content (AvgIpc) is 2.25. The van der Waals surface area contributed by atoms with Gasteiger partial charge in [-0.2, -0.15) is 0 Å². The zero-order valence-electron chi connectivity index (χ0n) is 7.59. The van der Waals surface area contributed by atoms with Gasteiger partial charge in [-0.3, -0.25) is 0 Å². The molecule has 0 saturated heterocycles. The van der Waals surface area contributed by atoms with E-state index in [9.17, 15) is 0 Å². The van der Waals surface area contributed by atoms with E-state index in [0.717, 1.165) is 13.5 Å². The number of rotatable bonds is 2. The molecular weight excluding hydrogens is 323 g/mol. The summed E-state index contributed by atoms with van der Waals surface area (Å²) in [4.78, 5) is 9.15. The van der Waals surface area contributed by atoms with E-state index in [-0.39, 0.29) is 5.75 Å². The molecule has 1 N–H and O–H groups in total. The lowest BCUT2D eigenvalue weighted by molar-refractivity contribution is 0.475. The van der Waals surface area contributed by atoms with Crippen molar-refractivity contribution in [1.29, 1.82) is 0 Å². The van der Waals surface area contributed by atoms with E-state index >= 15 is 0 Å². The van der Waals surface area contributed by atoms with Crippen molar-refractivity contribution in [2.24, 2.45) is 0 Å². The highest BCUT2D eigenvalue weighted by Gasteiger charge is 2.03. The Morgan fingerprint density at radius 1 is 1.20 bits per heavy atom. The zero-order chi connectivity index (χ0) is 10.7. The minimum atomic E-state index is 0.275. The highest BCUT2D eigenvalue weighted by molar-refractivity contribution is 14.1. The summed E-state index contributed by atoms with van der Waals surface area (Å²) in [7, 11) is 0. The van der Waals surface area contributed by atoms with Crippen LogP contribution in [0.15, 0.2) is 46.7 Å². The van der Waals surface area contributed by atoms with E-state index in [1.165, 1.54) is 6.33 Å². The first-order valence-corrected chi connectivity index (χ1v) is 6.07. The van der Waals surface area contributed by atoms with E-state index in [0.29, 0.717) is 0 Å². The van der Waals surface area contributed by atoms with Gasteiger partial charge >= 0.3 is 0 Å². The summed E-state index contributed by atoms with van der Waals surface area (Å²) in [6, 6.07) is 7.04. The van der Waals surface area contributed by atoms with Gasteiger partial charge in [-0.25, -0.2) is 9.97 Å². The molecule has 0 aliphatic rings. The van der Waals surface area contributed by atoms with Gasteiger partial charge in [0.15, 0.2) is 0 Å². The van der Waals surface area contributed by atoms with Gasteiger partial charge in [-0.1, -0.05) is 11.8 Å². The van der Waals surface area contributed by atoms with Crippen LogP contribution in [0.2, 0.25) is 0 Å². The van der Waals surface area contributed by atoms with E-state index in [2.05, 4.69) is 32.6 Å². The second-order valence-electron chi connectivity index (χ2n) is 2.77. The van der Waals surface area contributed by atoms with Crippen molar-refractivity contribution >= 4 is 34.4 Å². The molecular formula is C10H7IN2OS. The molecule has 3 nitrogen and oxygen atoms in total. The van der Waals surface area contributed by atoms with Gasteiger partial charge in [0.25, 0.3) is 0 Å². The van der Waals surface area contributed by atoms with Crippen LogP contribution in [0.5, 0.6) is 5.75 Å². The van der Waals surface area contributed by atoms with Gasteiger partial charge in [0.1, 0.15) is 17.1 Å². The molecule has 1 aromatic carbocycles. The van der Waals surface area contributed by atoms with Gasteiger partial charge in [0, 0.05) is 11.1 Å². The van der Waals surface area contributed by atoms with Crippen LogP contribution in [0.4, 0.5) is 0 Å². The Bertz CT molecular complexity index is 461. The van der Waals surface area contributed by atoms with Crippen molar-refractivity contribution in [2.45, 2.75) is 9.92 Å². The van der Waals surface area contributed by atoms with Crippen LogP contribution in [0.3, 0.4) is 0 Å². The molecule has 2 rings (SSSR count). The van der Waals surface area contributed by atoms with E-state index in [1.54, 1.807) is 30.1 Å². The summed E-state index contributed by atoms with van der Waals surface area (Å²) in [5, 5.41) is 10.1. The van der Waals surface area contributed by atoms with Crippen LogP contribution in [0, 0.1) is 3.57 Å². The molecule has 0 saturated carbocycles. The summed E-state index contributed by atoms with van der Waals surface area (Å²) in [6.07, 6.45) is 3.31. The SMILES string of the molecule is Oc1ccc(Sc2ncncc2I)cc1. The maximum atomic E-state index is 9.14. The summed E-state index contributed by atoms with van der Waals surface area (Å²) in [5.41, 5.74) is 0. The molecule has 1 aromatic heterocycles. The Labute approximate surface area is 105 Å². The number of nitrogens with zero attached hydrogens (tertiary/aromatic N) is 2. The Balaban J connectivity index is 2.22. The third kappa shape index (κ3) is 2.82. The van der Waals surface area contributed by atoms with Crippen LogP contribution in [-0.2, 0) is 0 Å². The van der Waals surface area contributed by atoms with Crippen molar-refractivity contribution in [3.05, 3.63) is 40.4 Å². The van der Waals surface area contributed by atoms with Crippen LogP contribution in [0.1, 0.15) is 0 Å². The number of hydrogen-bond donors (Lipinski definition) is 1. The van der Waals surface area contributed by atoms with Crippen molar-refractivity contribution in [1.82, 2.24) is 9.97 Å². The molecule has 0 fully saturated rings. The van der Waals surface area contributed by atoms with Crippen LogP contribution in [0.25, 0.3) is 0 Å². The molecule has 1 heterocycles. The van der Waals surface area contributed by atoms with Crippen molar-refractivity contribution < 1.29 is 5.11 Å². The molecule has 0 aliphatic carbocycles. The first-order valence-electron chi connectivity index (χ1n) is 4.18. The molecule has 0 unspecified atom stereocenters. The lowest BCUT2D eigenvalue weighted by Gasteiger charge is -2.02. The maximum absolute atomic E-state index is 9.14. The van der Waals surface area contributed by atoms with E-state index in [1.807, 2.05) is 12.1 Å². The fourth-order valence-corrected chi connectivity index (χ4v) is 2.38. The highest BCUT2D eigenvalue weighted by atomic mass is 127. The Hall–Kier alpha value is -0.820. The Kier molecular flexibility index (Phi) is 3.42. The van der Waals surface area contributed by atoms with Crippen molar-refractivity contribution in [2.75, 3.05) is 0 Å². The maximum Gasteiger partial charge on any atom is 0.118 e. The predicted molar refractivity (Wildman–Crippen MR) is 67.0 cm³/mol. The molecule has 0 aliphatic heterocycles. The topological polar surface area (TPSA) is 46.0 Å². The quantitative estimate of drug-likeness (QED) is 0.679. The number of phenols is 1. The third-order valence-corrected chi connectivity index (χ3v) is 3.87. The monoisotopic (exact) mass is 330 g/mol. The Morgan fingerprint density at radius 3 is 2.60 bits per heavy atom. The predicted octanol–water partition coefficient (Wildman–Crippen LogP) is 2.94. The second-order valence-corrected chi connectivity index (χ2v) is 5.00. The van der Waals surface area contributed by atoms with Crippen molar-refractivity contribution in [3.8, 4) is 5.75 Å². The van der Waals surface area contributed by atoms with Gasteiger partial charge < -0.3 is 5.11 Å². The lowest BCUT2D eigenvalue weighted by atomic mass is 10.3. The van der Waals surface area contributed by atoms with Crippen LogP contribution >= 0.6 is 34.4 Å². The largest absolute Gasteiger partial charge is 0.508 e. The molecule has 0 amide bonds. The summed E-state index contributed by atoms with van der Waals surface area (Å²) in [5.74, 6) is 0.275. The molecule has 0 bridgehead atoms. The molecule has 15 heavy (non-hydrogen) atoms. The number of halogens is 1. The number of aromatic nitrogens is 2. The standard InChI is InChI=1S/C10H7IN2OS/c11-9-5-12-6-13-10(9)15-8-3-1-7(14)2-4-8/h1-6,14H. The second kappa shape index (κ2) is 4.80. The number of benzene rings is 1. The van der Waals surface area contributed by atoms with Gasteiger partial charge in [-0.05, 0) is 46.9 Å². The van der Waals surface area contributed by atoms with Gasteiger partial charge in [-0.15, -0.1) is 0 Å². The minimum absolute atomic E-state index is 0.275. The first kappa shape index (κ1) is 10.7. The molecule has 0 atom stereocenters. The highest BCUT2D eigenvalue weighted by Crippen LogP contribution is 2.29. The van der Waals surface area contributed by atoms with E-state index in [4.69, 9.17) is 5.11 Å². The molecule has 0 spiro atoms. The number of aromatic hydroxyl groups is 1. The molecule has 0 radical (unpaired) electrons. The fraction of sp³-hybridized carbons (Fsp3) is 0. The van der Waals surface area contributed by atoms with E-state index < -0.39 is 0 Å². The lowest BCUT2D eigenvalue weighted by Crippen LogP contribution is -1.86. The summed E-state index contributed by atoms with van der Waals surface area (Å²) < 4.78 is 1.02. The van der Waals surface area contributed by atoms with Crippen LogP contribution < -0.4 is 0 Å². The average molecular weight is 330 g/mol. The summed E-state index contributed by atoms with van der Waals surface area (Å²) >= 11 is 3.75. The molecule has 2 aromatic rings. The smallest absolute Gasteiger partial charge is 0.118 e. The van der Waals surface area contributed by atoms with Crippen LogP contribution in [-0.4, -0.2) is 15.1 Å². The molecule has 5 heteroatoms. The first-order chi connectivity index (χ1) is 7.25.